The zero-order chi connectivity index (χ0) is 14.3. The fourth-order valence-electron chi connectivity index (χ4n) is 2.98. The number of carboxylic acid groups (broad SMARTS) is 1. The number of unbranched alkanes of at least 4 members (excludes halogenated alkanes) is 1. The molecule has 0 bridgehead atoms. The first-order valence-electron chi connectivity index (χ1n) is 7.95. The molecule has 1 aliphatic heterocycles. The van der Waals surface area contributed by atoms with Crippen LogP contribution in [0.1, 0.15) is 72.1 Å². The van der Waals surface area contributed by atoms with E-state index in [9.17, 15) is 4.79 Å². The molecule has 1 heterocycles. The molecule has 0 saturated carbocycles. The Kier molecular flexibility index (Phi) is 6.84. The maximum Gasteiger partial charge on any atom is 0.309 e. The lowest BCUT2D eigenvalue weighted by Crippen LogP contribution is -2.35. The van der Waals surface area contributed by atoms with Gasteiger partial charge in [0.25, 0.3) is 0 Å². The Balaban J connectivity index is 2.29. The van der Waals surface area contributed by atoms with Gasteiger partial charge in [-0.3, -0.25) is 4.79 Å². The Morgan fingerprint density at radius 3 is 2.63 bits per heavy atom. The van der Waals surface area contributed by atoms with Crippen molar-refractivity contribution < 1.29 is 9.90 Å². The molecule has 0 aromatic heterocycles. The standard InChI is InChI=1S/C16H31NO2/c1-4-14-10-6-5-8-12-17(14)13-9-7-11-16(2,3)15(18)19/h14H,4-13H2,1-3H3,(H,18,19). The first kappa shape index (κ1) is 16.5. The maximum atomic E-state index is 11.1. The summed E-state index contributed by atoms with van der Waals surface area (Å²) in [6.07, 6.45) is 9.61. The summed E-state index contributed by atoms with van der Waals surface area (Å²) in [7, 11) is 0. The molecule has 1 rings (SSSR count). The van der Waals surface area contributed by atoms with E-state index in [0.29, 0.717) is 0 Å². The van der Waals surface area contributed by atoms with Gasteiger partial charge in [0.1, 0.15) is 0 Å². The van der Waals surface area contributed by atoms with Crippen molar-refractivity contribution in [3.63, 3.8) is 0 Å². The number of carboxylic acids is 1. The molecule has 1 aliphatic rings. The van der Waals surface area contributed by atoms with Crippen LogP contribution in [-0.2, 0) is 4.79 Å². The molecule has 0 aliphatic carbocycles. The quantitative estimate of drug-likeness (QED) is 0.712. The number of hydrogen-bond donors (Lipinski definition) is 1. The van der Waals surface area contributed by atoms with E-state index in [0.717, 1.165) is 31.8 Å². The van der Waals surface area contributed by atoms with Gasteiger partial charge in [0.05, 0.1) is 5.41 Å². The Labute approximate surface area is 118 Å². The fraction of sp³-hybridized carbons (Fsp3) is 0.938. The minimum atomic E-state index is -0.672. The van der Waals surface area contributed by atoms with E-state index in [1.807, 2.05) is 13.8 Å². The van der Waals surface area contributed by atoms with Gasteiger partial charge in [-0.05, 0) is 59.0 Å². The number of carbonyl (C=O) groups is 1. The Morgan fingerprint density at radius 2 is 2.00 bits per heavy atom. The molecule has 1 N–H and O–H groups in total. The van der Waals surface area contributed by atoms with Crippen LogP contribution in [0.4, 0.5) is 0 Å². The third-order valence-corrected chi connectivity index (χ3v) is 4.55. The van der Waals surface area contributed by atoms with Crippen LogP contribution >= 0.6 is 0 Å². The van der Waals surface area contributed by atoms with Crippen LogP contribution in [0.2, 0.25) is 0 Å². The zero-order valence-electron chi connectivity index (χ0n) is 13.0. The van der Waals surface area contributed by atoms with E-state index in [4.69, 9.17) is 5.11 Å². The van der Waals surface area contributed by atoms with Crippen LogP contribution < -0.4 is 0 Å². The molecule has 1 unspecified atom stereocenters. The molecule has 0 aromatic carbocycles. The highest BCUT2D eigenvalue weighted by Crippen LogP contribution is 2.24. The smallest absolute Gasteiger partial charge is 0.309 e. The second-order valence-corrected chi connectivity index (χ2v) is 6.59. The van der Waals surface area contributed by atoms with E-state index < -0.39 is 11.4 Å². The van der Waals surface area contributed by atoms with Gasteiger partial charge in [0, 0.05) is 6.04 Å². The van der Waals surface area contributed by atoms with Gasteiger partial charge in [-0.1, -0.05) is 26.2 Å². The number of rotatable bonds is 7. The average Bonchev–Trinajstić information content (AvgIpc) is 2.59. The topological polar surface area (TPSA) is 40.5 Å². The molecule has 0 spiro atoms. The normalized spacial score (nSPS) is 22.2. The van der Waals surface area contributed by atoms with Crippen molar-refractivity contribution in [2.75, 3.05) is 13.1 Å². The lowest BCUT2D eigenvalue weighted by Gasteiger charge is -2.29. The van der Waals surface area contributed by atoms with Gasteiger partial charge in [-0.2, -0.15) is 0 Å². The van der Waals surface area contributed by atoms with E-state index in [-0.39, 0.29) is 0 Å². The molecule has 1 saturated heterocycles. The molecular formula is C16H31NO2. The molecule has 1 fully saturated rings. The van der Waals surface area contributed by atoms with E-state index in [2.05, 4.69) is 11.8 Å². The third kappa shape index (κ3) is 5.52. The van der Waals surface area contributed by atoms with Gasteiger partial charge >= 0.3 is 5.97 Å². The van der Waals surface area contributed by atoms with Crippen molar-refractivity contribution in [1.82, 2.24) is 4.90 Å². The summed E-state index contributed by atoms with van der Waals surface area (Å²) in [6.45, 7) is 8.33. The van der Waals surface area contributed by atoms with Gasteiger partial charge in [-0.15, -0.1) is 0 Å². The van der Waals surface area contributed by atoms with E-state index in [1.54, 1.807) is 0 Å². The summed E-state index contributed by atoms with van der Waals surface area (Å²) < 4.78 is 0. The molecule has 0 amide bonds. The lowest BCUT2D eigenvalue weighted by molar-refractivity contribution is -0.147. The highest BCUT2D eigenvalue weighted by molar-refractivity contribution is 5.73. The molecule has 19 heavy (non-hydrogen) atoms. The van der Waals surface area contributed by atoms with Crippen LogP contribution in [0.15, 0.2) is 0 Å². The second-order valence-electron chi connectivity index (χ2n) is 6.59. The summed E-state index contributed by atoms with van der Waals surface area (Å²) in [6, 6.07) is 0.759. The first-order chi connectivity index (χ1) is 8.97. The van der Waals surface area contributed by atoms with Crippen LogP contribution in [0.5, 0.6) is 0 Å². The summed E-state index contributed by atoms with van der Waals surface area (Å²) in [5, 5.41) is 9.10. The van der Waals surface area contributed by atoms with E-state index >= 15 is 0 Å². The molecule has 0 aromatic rings. The zero-order valence-corrected chi connectivity index (χ0v) is 13.0. The predicted molar refractivity (Wildman–Crippen MR) is 79.4 cm³/mol. The number of nitrogens with zero attached hydrogens (tertiary/aromatic N) is 1. The predicted octanol–water partition coefficient (Wildman–Crippen LogP) is 3.92. The highest BCUT2D eigenvalue weighted by atomic mass is 16.4. The fourth-order valence-corrected chi connectivity index (χ4v) is 2.98. The SMILES string of the molecule is CCC1CCCCCN1CCCCC(C)(C)C(=O)O. The van der Waals surface area contributed by atoms with Crippen molar-refractivity contribution in [2.24, 2.45) is 5.41 Å². The minimum Gasteiger partial charge on any atom is -0.481 e. The van der Waals surface area contributed by atoms with Crippen molar-refractivity contribution in [3.05, 3.63) is 0 Å². The van der Waals surface area contributed by atoms with Crippen LogP contribution in [-0.4, -0.2) is 35.1 Å². The molecule has 3 heteroatoms. The van der Waals surface area contributed by atoms with Crippen molar-refractivity contribution in [3.8, 4) is 0 Å². The van der Waals surface area contributed by atoms with Crippen molar-refractivity contribution >= 4 is 5.97 Å². The molecule has 1 atom stereocenters. The third-order valence-electron chi connectivity index (χ3n) is 4.55. The molecular weight excluding hydrogens is 238 g/mol. The maximum absolute atomic E-state index is 11.1. The second kappa shape index (κ2) is 7.88. The molecule has 112 valence electrons. The van der Waals surface area contributed by atoms with Crippen molar-refractivity contribution in [2.45, 2.75) is 78.2 Å². The molecule has 0 radical (unpaired) electrons. The minimum absolute atomic E-state index is 0.567. The first-order valence-corrected chi connectivity index (χ1v) is 7.95. The number of aliphatic carboxylic acids is 1. The van der Waals surface area contributed by atoms with Gasteiger partial charge in [0.15, 0.2) is 0 Å². The number of likely N-dealkylation sites (tertiary alicyclic amines) is 1. The molecule has 3 nitrogen and oxygen atoms in total. The van der Waals surface area contributed by atoms with Gasteiger partial charge < -0.3 is 10.0 Å². The van der Waals surface area contributed by atoms with Gasteiger partial charge in [0.2, 0.25) is 0 Å². The monoisotopic (exact) mass is 269 g/mol. The highest BCUT2D eigenvalue weighted by Gasteiger charge is 2.26. The van der Waals surface area contributed by atoms with E-state index in [1.165, 1.54) is 38.6 Å². The Morgan fingerprint density at radius 1 is 1.26 bits per heavy atom. The van der Waals surface area contributed by atoms with Crippen molar-refractivity contribution in [1.29, 1.82) is 0 Å². The van der Waals surface area contributed by atoms with Gasteiger partial charge in [-0.25, -0.2) is 0 Å². The van der Waals surface area contributed by atoms with Crippen LogP contribution in [0.25, 0.3) is 0 Å². The summed E-state index contributed by atoms with van der Waals surface area (Å²) in [4.78, 5) is 13.7. The summed E-state index contributed by atoms with van der Waals surface area (Å²) in [5.41, 5.74) is -0.567. The van der Waals surface area contributed by atoms with Crippen LogP contribution in [0.3, 0.4) is 0 Å². The van der Waals surface area contributed by atoms with Crippen LogP contribution in [0, 0.1) is 5.41 Å². The number of hydrogen-bond acceptors (Lipinski definition) is 2. The largest absolute Gasteiger partial charge is 0.481 e. The summed E-state index contributed by atoms with van der Waals surface area (Å²) >= 11 is 0. The average molecular weight is 269 g/mol. The Bertz CT molecular complexity index is 276. The Hall–Kier alpha value is -0.570. The summed E-state index contributed by atoms with van der Waals surface area (Å²) in [5.74, 6) is -0.672. The lowest BCUT2D eigenvalue weighted by atomic mass is 9.87.